The number of hydrogen-bond donors (Lipinski definition) is 2. The van der Waals surface area contributed by atoms with Crippen molar-refractivity contribution in [1.29, 1.82) is 0 Å². The highest BCUT2D eigenvalue weighted by molar-refractivity contribution is 7.92. The molecule has 0 aliphatic heterocycles. The molecule has 0 unspecified atom stereocenters. The van der Waals surface area contributed by atoms with Gasteiger partial charge in [-0.2, -0.15) is 0 Å². The first-order valence-corrected chi connectivity index (χ1v) is 9.52. The van der Waals surface area contributed by atoms with Gasteiger partial charge in [-0.25, -0.2) is 8.42 Å². The third-order valence-corrected chi connectivity index (χ3v) is 5.43. The fourth-order valence-electron chi connectivity index (χ4n) is 2.12. The van der Waals surface area contributed by atoms with Gasteiger partial charge in [-0.3, -0.25) is 9.52 Å². The molecule has 1 heterocycles. The average molecular weight is 411 g/mol. The minimum absolute atomic E-state index is 0.0162. The summed E-state index contributed by atoms with van der Waals surface area (Å²) in [4.78, 5) is 11.9. The molecule has 0 bridgehead atoms. The van der Waals surface area contributed by atoms with Gasteiger partial charge < -0.3 is 9.73 Å². The third-order valence-electron chi connectivity index (χ3n) is 3.32. The van der Waals surface area contributed by atoms with Crippen LogP contribution in [0.5, 0.6) is 0 Å². The van der Waals surface area contributed by atoms with E-state index in [2.05, 4.69) is 10.0 Å². The van der Waals surface area contributed by atoms with E-state index in [0.717, 1.165) is 0 Å². The zero-order valence-electron chi connectivity index (χ0n) is 13.1. The number of sulfonamides is 1. The maximum Gasteiger partial charge on any atom is 0.291 e. The van der Waals surface area contributed by atoms with Crippen LogP contribution in [0, 0.1) is 0 Å². The Balaban J connectivity index is 1.86. The molecule has 26 heavy (non-hydrogen) atoms. The van der Waals surface area contributed by atoms with E-state index in [1.807, 2.05) is 0 Å². The van der Waals surface area contributed by atoms with Crippen molar-refractivity contribution in [1.82, 2.24) is 0 Å². The summed E-state index contributed by atoms with van der Waals surface area (Å²) in [5, 5.41) is 3.05. The third kappa shape index (κ3) is 4.19. The summed E-state index contributed by atoms with van der Waals surface area (Å²) in [6.07, 6.45) is 1.36. The Morgan fingerprint density at radius 2 is 1.65 bits per heavy atom. The van der Waals surface area contributed by atoms with Gasteiger partial charge in [0, 0.05) is 16.4 Å². The molecule has 2 aromatic carbocycles. The van der Waals surface area contributed by atoms with Gasteiger partial charge in [0.15, 0.2) is 5.76 Å². The van der Waals surface area contributed by atoms with E-state index in [9.17, 15) is 13.2 Å². The topological polar surface area (TPSA) is 88.4 Å². The lowest BCUT2D eigenvalue weighted by atomic mass is 10.3. The lowest BCUT2D eigenvalue weighted by Crippen LogP contribution is -2.15. The molecule has 0 aliphatic carbocycles. The van der Waals surface area contributed by atoms with Gasteiger partial charge in [-0.05, 0) is 54.6 Å². The van der Waals surface area contributed by atoms with Crippen LogP contribution in [0.15, 0.2) is 70.2 Å². The molecule has 134 valence electrons. The number of halogens is 2. The Morgan fingerprint density at radius 1 is 0.962 bits per heavy atom. The first-order valence-electron chi connectivity index (χ1n) is 7.28. The molecule has 0 radical (unpaired) electrons. The predicted molar refractivity (Wildman–Crippen MR) is 100 cm³/mol. The monoisotopic (exact) mass is 410 g/mol. The van der Waals surface area contributed by atoms with Gasteiger partial charge in [0.05, 0.1) is 11.3 Å². The van der Waals surface area contributed by atoms with Gasteiger partial charge in [0.25, 0.3) is 15.9 Å². The van der Waals surface area contributed by atoms with Crippen molar-refractivity contribution in [3.05, 3.63) is 76.7 Å². The molecule has 0 saturated carbocycles. The maximum atomic E-state index is 12.6. The summed E-state index contributed by atoms with van der Waals surface area (Å²) in [7, 11) is -3.97. The normalized spacial score (nSPS) is 11.2. The summed E-state index contributed by atoms with van der Waals surface area (Å²) in [5.41, 5.74) is 0.586. The quantitative estimate of drug-likeness (QED) is 0.640. The van der Waals surface area contributed by atoms with Crippen LogP contribution in [0.2, 0.25) is 10.0 Å². The lowest BCUT2D eigenvalue weighted by molar-refractivity contribution is 0.0996. The highest BCUT2D eigenvalue weighted by Gasteiger charge is 2.20. The second-order valence-electron chi connectivity index (χ2n) is 5.19. The van der Waals surface area contributed by atoms with Crippen molar-refractivity contribution in [3.63, 3.8) is 0 Å². The van der Waals surface area contributed by atoms with Crippen molar-refractivity contribution in [2.75, 3.05) is 10.0 Å². The number of carbonyl (C=O) groups is 1. The summed E-state index contributed by atoms with van der Waals surface area (Å²) in [6, 6.07) is 13.4. The Hall–Kier alpha value is -2.48. The van der Waals surface area contributed by atoms with Crippen LogP contribution in [0.1, 0.15) is 10.6 Å². The van der Waals surface area contributed by atoms with Crippen LogP contribution in [-0.4, -0.2) is 14.3 Å². The van der Waals surface area contributed by atoms with Gasteiger partial charge in [0.2, 0.25) is 0 Å². The maximum absolute atomic E-state index is 12.6. The average Bonchev–Trinajstić information content (AvgIpc) is 3.13. The van der Waals surface area contributed by atoms with Crippen LogP contribution in [0.3, 0.4) is 0 Å². The number of benzene rings is 2. The number of anilines is 2. The standard InChI is InChI=1S/C17H12Cl2N2O4S/c18-11-3-5-12(6-4-11)21-26(23,24)16-10-13(7-8-14(16)19)20-17(22)15-2-1-9-25-15/h1-10,21H,(H,20,22). The van der Waals surface area contributed by atoms with E-state index < -0.39 is 15.9 Å². The van der Waals surface area contributed by atoms with E-state index in [-0.39, 0.29) is 21.4 Å². The minimum Gasteiger partial charge on any atom is -0.459 e. The molecule has 0 atom stereocenters. The van der Waals surface area contributed by atoms with Gasteiger partial charge in [0.1, 0.15) is 4.90 Å². The summed E-state index contributed by atoms with van der Waals surface area (Å²) >= 11 is 11.8. The highest BCUT2D eigenvalue weighted by Crippen LogP contribution is 2.27. The summed E-state index contributed by atoms with van der Waals surface area (Å²) < 4.78 is 32.6. The molecule has 2 N–H and O–H groups in total. The Morgan fingerprint density at radius 3 is 2.31 bits per heavy atom. The number of furan rings is 1. The minimum atomic E-state index is -3.97. The fourth-order valence-corrected chi connectivity index (χ4v) is 3.83. The van der Waals surface area contributed by atoms with E-state index in [0.29, 0.717) is 10.7 Å². The summed E-state index contributed by atoms with van der Waals surface area (Å²) in [5.74, 6) is -0.407. The molecular formula is C17H12Cl2N2O4S. The zero-order valence-corrected chi connectivity index (χ0v) is 15.4. The molecular weight excluding hydrogens is 399 g/mol. The van der Waals surface area contributed by atoms with Gasteiger partial charge in [-0.15, -0.1) is 0 Å². The SMILES string of the molecule is O=C(Nc1ccc(Cl)c(S(=O)(=O)Nc2ccc(Cl)cc2)c1)c1ccco1. The predicted octanol–water partition coefficient (Wildman–Crippen LogP) is 4.64. The number of nitrogens with one attached hydrogen (secondary N) is 2. The van der Waals surface area contributed by atoms with Gasteiger partial charge >= 0.3 is 0 Å². The number of carbonyl (C=O) groups excluding carboxylic acids is 1. The Labute approximate surface area is 159 Å². The smallest absolute Gasteiger partial charge is 0.291 e. The van der Waals surface area contributed by atoms with Crippen LogP contribution in [0.25, 0.3) is 0 Å². The zero-order chi connectivity index (χ0) is 18.7. The van der Waals surface area contributed by atoms with Crippen molar-refractivity contribution in [3.8, 4) is 0 Å². The van der Waals surface area contributed by atoms with Crippen molar-refractivity contribution < 1.29 is 17.6 Å². The highest BCUT2D eigenvalue weighted by atomic mass is 35.5. The van der Waals surface area contributed by atoms with E-state index >= 15 is 0 Å². The van der Waals surface area contributed by atoms with Crippen molar-refractivity contribution in [2.45, 2.75) is 4.90 Å². The number of hydrogen-bond acceptors (Lipinski definition) is 4. The van der Waals surface area contributed by atoms with Crippen molar-refractivity contribution >= 4 is 50.5 Å². The molecule has 6 nitrogen and oxygen atoms in total. The molecule has 3 aromatic rings. The molecule has 0 saturated heterocycles. The molecule has 9 heteroatoms. The number of rotatable bonds is 5. The molecule has 1 amide bonds. The molecule has 1 aromatic heterocycles. The van der Waals surface area contributed by atoms with E-state index in [1.54, 1.807) is 18.2 Å². The Bertz CT molecular complexity index is 1030. The van der Waals surface area contributed by atoms with Crippen LogP contribution < -0.4 is 10.0 Å². The summed E-state index contributed by atoms with van der Waals surface area (Å²) in [6.45, 7) is 0. The van der Waals surface area contributed by atoms with Crippen LogP contribution in [-0.2, 0) is 10.0 Å². The fraction of sp³-hybridized carbons (Fsp3) is 0. The van der Waals surface area contributed by atoms with Crippen LogP contribution in [0.4, 0.5) is 11.4 Å². The first-order chi connectivity index (χ1) is 12.3. The van der Waals surface area contributed by atoms with Crippen LogP contribution >= 0.6 is 23.2 Å². The van der Waals surface area contributed by atoms with E-state index in [1.165, 1.54) is 42.7 Å². The first kappa shape index (κ1) is 18.3. The largest absolute Gasteiger partial charge is 0.459 e. The Kier molecular flexibility index (Phi) is 5.22. The molecule has 0 aliphatic rings. The lowest BCUT2D eigenvalue weighted by Gasteiger charge is -2.11. The van der Waals surface area contributed by atoms with E-state index in [4.69, 9.17) is 27.6 Å². The van der Waals surface area contributed by atoms with Gasteiger partial charge in [-0.1, -0.05) is 23.2 Å². The molecule has 3 rings (SSSR count). The van der Waals surface area contributed by atoms with Crippen molar-refractivity contribution in [2.24, 2.45) is 0 Å². The molecule has 0 fully saturated rings. The number of amides is 1. The second kappa shape index (κ2) is 7.41. The second-order valence-corrected chi connectivity index (χ2v) is 7.68. The molecule has 0 spiro atoms.